The molecule has 0 aromatic carbocycles. The molecule has 0 saturated carbocycles. The summed E-state index contributed by atoms with van der Waals surface area (Å²) in [6, 6.07) is -0.170. The quantitative estimate of drug-likeness (QED) is 0.675. The molecule has 2 amide bonds. The van der Waals surface area contributed by atoms with Gasteiger partial charge in [0.2, 0.25) is 0 Å². The highest BCUT2D eigenvalue weighted by molar-refractivity contribution is 5.75. The van der Waals surface area contributed by atoms with Gasteiger partial charge in [0.15, 0.2) is 0 Å². The molecule has 0 unspecified atom stereocenters. The molecule has 0 heterocycles. The first-order valence-electron chi connectivity index (χ1n) is 4.17. The van der Waals surface area contributed by atoms with E-state index >= 15 is 0 Å². The first-order chi connectivity index (χ1) is 5.93. The summed E-state index contributed by atoms with van der Waals surface area (Å²) in [6.07, 6.45) is -0.0258. The largest absolute Gasteiger partial charge is 0.481 e. The van der Waals surface area contributed by atoms with Crippen LogP contribution in [0.1, 0.15) is 20.3 Å². The van der Waals surface area contributed by atoms with Gasteiger partial charge in [0.05, 0.1) is 6.42 Å². The minimum Gasteiger partial charge on any atom is -0.481 e. The van der Waals surface area contributed by atoms with E-state index in [9.17, 15) is 9.59 Å². The number of carboxylic acid groups (broad SMARTS) is 1. The molecule has 2 N–H and O–H groups in total. The second-order valence-corrected chi connectivity index (χ2v) is 3.17. The average molecular weight is 188 g/mol. The highest BCUT2D eigenvalue weighted by Crippen LogP contribution is 1.90. The topological polar surface area (TPSA) is 69.6 Å². The number of amides is 2. The van der Waals surface area contributed by atoms with Crippen LogP contribution >= 0.6 is 0 Å². The van der Waals surface area contributed by atoms with Gasteiger partial charge < -0.3 is 15.3 Å². The van der Waals surface area contributed by atoms with Crippen LogP contribution in [0, 0.1) is 0 Å². The zero-order chi connectivity index (χ0) is 10.4. The van der Waals surface area contributed by atoms with Crippen molar-refractivity contribution in [1.29, 1.82) is 0 Å². The molecule has 5 heteroatoms. The van der Waals surface area contributed by atoms with Crippen LogP contribution in [0.2, 0.25) is 0 Å². The first-order valence-corrected chi connectivity index (χ1v) is 4.17. The van der Waals surface area contributed by atoms with Crippen molar-refractivity contribution >= 4 is 12.0 Å². The molecule has 0 bridgehead atoms. The van der Waals surface area contributed by atoms with Crippen LogP contribution < -0.4 is 5.32 Å². The molecule has 0 atom stereocenters. The van der Waals surface area contributed by atoms with Gasteiger partial charge in [-0.05, 0) is 13.8 Å². The number of carboxylic acids is 1. The van der Waals surface area contributed by atoms with Gasteiger partial charge in [0, 0.05) is 19.6 Å². The van der Waals surface area contributed by atoms with Crippen molar-refractivity contribution in [3.05, 3.63) is 0 Å². The Morgan fingerprint density at radius 2 is 2.00 bits per heavy atom. The highest BCUT2D eigenvalue weighted by Gasteiger charge is 2.10. The van der Waals surface area contributed by atoms with Gasteiger partial charge in [-0.15, -0.1) is 0 Å². The summed E-state index contributed by atoms with van der Waals surface area (Å²) in [7, 11) is 1.57. The fourth-order valence-corrected chi connectivity index (χ4v) is 0.722. The molecule has 0 aromatic rings. The Kier molecular flexibility index (Phi) is 4.87. The number of hydrogen-bond acceptors (Lipinski definition) is 2. The summed E-state index contributed by atoms with van der Waals surface area (Å²) in [4.78, 5) is 22.7. The van der Waals surface area contributed by atoms with Crippen molar-refractivity contribution < 1.29 is 14.7 Å². The van der Waals surface area contributed by atoms with Crippen LogP contribution in [0.4, 0.5) is 4.79 Å². The van der Waals surface area contributed by atoms with Gasteiger partial charge in [0.1, 0.15) is 0 Å². The van der Waals surface area contributed by atoms with Crippen LogP contribution in [0.3, 0.4) is 0 Å². The molecular formula is C8H16N2O3. The predicted octanol–water partition coefficient (Wildman–Crippen LogP) is 0.511. The number of nitrogens with one attached hydrogen (secondary N) is 1. The maximum Gasteiger partial charge on any atom is 0.317 e. The van der Waals surface area contributed by atoms with E-state index in [4.69, 9.17) is 5.11 Å². The lowest BCUT2D eigenvalue weighted by Crippen LogP contribution is -2.41. The van der Waals surface area contributed by atoms with Gasteiger partial charge >= 0.3 is 12.0 Å². The van der Waals surface area contributed by atoms with E-state index in [2.05, 4.69) is 5.32 Å². The Bertz CT molecular complexity index is 192. The number of nitrogens with zero attached hydrogens (tertiary/aromatic N) is 1. The summed E-state index contributed by atoms with van der Waals surface area (Å²) in [6.45, 7) is 3.93. The van der Waals surface area contributed by atoms with E-state index in [1.807, 2.05) is 13.8 Å². The lowest BCUT2D eigenvalue weighted by atomic mass is 10.4. The zero-order valence-corrected chi connectivity index (χ0v) is 8.20. The molecule has 0 radical (unpaired) electrons. The van der Waals surface area contributed by atoms with Crippen molar-refractivity contribution in [3.8, 4) is 0 Å². The Hall–Kier alpha value is -1.26. The first kappa shape index (κ1) is 11.7. The molecule has 0 fully saturated rings. The Morgan fingerprint density at radius 1 is 1.46 bits per heavy atom. The van der Waals surface area contributed by atoms with E-state index in [-0.39, 0.29) is 25.0 Å². The van der Waals surface area contributed by atoms with E-state index in [0.29, 0.717) is 0 Å². The van der Waals surface area contributed by atoms with Crippen LogP contribution in [-0.2, 0) is 4.79 Å². The zero-order valence-electron chi connectivity index (χ0n) is 8.20. The number of carbonyl (C=O) groups is 2. The standard InChI is InChI=1S/C8H16N2O3/c1-6(2)9-8(13)10(3)5-4-7(11)12/h6H,4-5H2,1-3H3,(H,9,13)(H,11,12). The molecule has 0 spiro atoms. The fourth-order valence-electron chi connectivity index (χ4n) is 0.722. The van der Waals surface area contributed by atoms with E-state index in [1.165, 1.54) is 4.90 Å². The second-order valence-electron chi connectivity index (χ2n) is 3.17. The van der Waals surface area contributed by atoms with Crippen molar-refractivity contribution in [2.45, 2.75) is 26.3 Å². The molecule has 0 aliphatic heterocycles. The highest BCUT2D eigenvalue weighted by atomic mass is 16.4. The monoisotopic (exact) mass is 188 g/mol. The van der Waals surface area contributed by atoms with Gasteiger partial charge in [-0.25, -0.2) is 4.79 Å². The maximum absolute atomic E-state index is 11.2. The molecule has 5 nitrogen and oxygen atoms in total. The third-order valence-corrected chi connectivity index (χ3v) is 1.42. The Morgan fingerprint density at radius 3 is 2.38 bits per heavy atom. The smallest absolute Gasteiger partial charge is 0.317 e. The summed E-state index contributed by atoms with van der Waals surface area (Å²) in [5, 5.41) is 11.0. The second kappa shape index (κ2) is 5.40. The Balaban J connectivity index is 3.76. The Labute approximate surface area is 77.7 Å². The van der Waals surface area contributed by atoms with Crippen molar-refractivity contribution in [3.63, 3.8) is 0 Å². The molecule has 0 aromatic heterocycles. The fraction of sp³-hybridized carbons (Fsp3) is 0.750. The summed E-state index contributed by atoms with van der Waals surface area (Å²) in [5.74, 6) is -0.899. The van der Waals surface area contributed by atoms with Crippen molar-refractivity contribution in [2.75, 3.05) is 13.6 Å². The van der Waals surface area contributed by atoms with Crippen LogP contribution in [-0.4, -0.2) is 41.6 Å². The molecular weight excluding hydrogens is 172 g/mol. The number of aliphatic carboxylic acids is 1. The molecule has 13 heavy (non-hydrogen) atoms. The lowest BCUT2D eigenvalue weighted by Gasteiger charge is -2.18. The van der Waals surface area contributed by atoms with Crippen LogP contribution in [0.25, 0.3) is 0 Å². The van der Waals surface area contributed by atoms with Gasteiger partial charge in [-0.1, -0.05) is 0 Å². The van der Waals surface area contributed by atoms with Gasteiger partial charge in [0.25, 0.3) is 0 Å². The van der Waals surface area contributed by atoms with Gasteiger partial charge in [-0.2, -0.15) is 0 Å². The third-order valence-electron chi connectivity index (χ3n) is 1.42. The predicted molar refractivity (Wildman–Crippen MR) is 48.6 cm³/mol. The minimum absolute atomic E-state index is 0.0258. The van der Waals surface area contributed by atoms with Crippen LogP contribution in [0.5, 0.6) is 0 Å². The number of carbonyl (C=O) groups excluding carboxylic acids is 1. The average Bonchev–Trinajstić information content (AvgIpc) is 1.98. The normalized spacial score (nSPS) is 9.85. The SMILES string of the molecule is CC(C)NC(=O)N(C)CCC(=O)O. The lowest BCUT2D eigenvalue weighted by molar-refractivity contribution is -0.137. The number of hydrogen-bond donors (Lipinski definition) is 2. The van der Waals surface area contributed by atoms with Crippen LogP contribution in [0.15, 0.2) is 0 Å². The molecule has 0 aliphatic rings. The molecule has 0 saturated heterocycles. The minimum atomic E-state index is -0.899. The van der Waals surface area contributed by atoms with E-state index in [0.717, 1.165) is 0 Å². The van der Waals surface area contributed by atoms with E-state index < -0.39 is 5.97 Å². The summed E-state index contributed by atoms with van der Waals surface area (Å²) < 4.78 is 0. The third kappa shape index (κ3) is 5.95. The van der Waals surface area contributed by atoms with Crippen molar-refractivity contribution in [1.82, 2.24) is 10.2 Å². The van der Waals surface area contributed by atoms with Crippen molar-refractivity contribution in [2.24, 2.45) is 0 Å². The summed E-state index contributed by atoms with van der Waals surface area (Å²) >= 11 is 0. The molecule has 76 valence electrons. The van der Waals surface area contributed by atoms with Gasteiger partial charge in [-0.3, -0.25) is 4.79 Å². The van der Waals surface area contributed by atoms with E-state index in [1.54, 1.807) is 7.05 Å². The number of rotatable bonds is 4. The number of urea groups is 1. The maximum atomic E-state index is 11.2. The summed E-state index contributed by atoms with van der Waals surface area (Å²) in [5.41, 5.74) is 0. The molecule has 0 aliphatic carbocycles. The molecule has 0 rings (SSSR count).